The fourth-order valence-electron chi connectivity index (χ4n) is 6.15. The summed E-state index contributed by atoms with van der Waals surface area (Å²) in [5.41, 5.74) is -1.43. The van der Waals surface area contributed by atoms with Gasteiger partial charge in [-0.3, -0.25) is 14.4 Å². The number of carbonyl (C=O) groups excluding carboxylic acids is 3. The molecule has 3 aliphatic heterocycles. The van der Waals surface area contributed by atoms with Crippen molar-refractivity contribution in [1.29, 1.82) is 0 Å². The van der Waals surface area contributed by atoms with Crippen molar-refractivity contribution in [3.63, 3.8) is 0 Å². The predicted octanol–water partition coefficient (Wildman–Crippen LogP) is 1.98. The molecule has 0 aromatic heterocycles. The van der Waals surface area contributed by atoms with Crippen LogP contribution in [-0.4, -0.2) is 71.9 Å². The van der Waals surface area contributed by atoms with Crippen LogP contribution in [0, 0.1) is 17.8 Å². The summed E-state index contributed by atoms with van der Waals surface area (Å²) in [6.07, 6.45) is 1.53. The summed E-state index contributed by atoms with van der Waals surface area (Å²) in [5, 5.41) is 12.2. The van der Waals surface area contributed by atoms with Crippen molar-refractivity contribution >= 4 is 23.5 Å². The Labute approximate surface area is 199 Å². The van der Waals surface area contributed by atoms with Crippen LogP contribution in [0.15, 0.2) is 24.3 Å². The summed E-state index contributed by atoms with van der Waals surface area (Å²) in [4.78, 5) is 42.1. The average Bonchev–Trinajstić information content (AvgIpc) is 3.31. The number of fused-ring (bicyclic) bond motifs is 1. The van der Waals surface area contributed by atoms with Crippen molar-refractivity contribution in [3.8, 4) is 5.75 Å². The highest BCUT2D eigenvalue weighted by Gasteiger charge is 2.80. The molecule has 9 nitrogen and oxygen atoms in total. The third-order valence-electron chi connectivity index (χ3n) is 7.77. The van der Waals surface area contributed by atoms with Crippen LogP contribution < -0.4 is 10.1 Å². The minimum atomic E-state index is -1.11. The zero-order valence-electron chi connectivity index (χ0n) is 20.2. The zero-order valence-corrected chi connectivity index (χ0v) is 20.2. The minimum Gasteiger partial charge on any atom is -0.497 e. The molecular weight excluding hydrogens is 440 g/mol. The van der Waals surface area contributed by atoms with E-state index < -0.39 is 35.0 Å². The van der Waals surface area contributed by atoms with E-state index in [0.717, 1.165) is 0 Å². The second kappa shape index (κ2) is 9.19. The van der Waals surface area contributed by atoms with Crippen LogP contribution in [0.5, 0.6) is 5.75 Å². The fourth-order valence-corrected chi connectivity index (χ4v) is 6.15. The van der Waals surface area contributed by atoms with Gasteiger partial charge in [-0.1, -0.05) is 6.92 Å². The molecular formula is C25H34N2O7. The number of hydrogen-bond acceptors (Lipinski definition) is 7. The van der Waals surface area contributed by atoms with Crippen LogP contribution in [0.1, 0.15) is 40.0 Å². The van der Waals surface area contributed by atoms with Crippen LogP contribution in [0.25, 0.3) is 0 Å². The second-order valence-electron chi connectivity index (χ2n) is 9.64. The number of nitrogens with zero attached hydrogens (tertiary/aromatic N) is 1. The van der Waals surface area contributed by atoms with Crippen molar-refractivity contribution in [2.24, 2.45) is 17.8 Å². The van der Waals surface area contributed by atoms with E-state index in [1.54, 1.807) is 43.2 Å². The average molecular weight is 475 g/mol. The molecule has 1 aromatic rings. The number of amides is 2. The summed E-state index contributed by atoms with van der Waals surface area (Å²) in [6.45, 7) is 6.08. The molecule has 3 heterocycles. The number of benzene rings is 1. The second-order valence-corrected chi connectivity index (χ2v) is 9.64. The molecule has 3 saturated heterocycles. The lowest BCUT2D eigenvalue weighted by atomic mass is 9.62. The van der Waals surface area contributed by atoms with Crippen molar-refractivity contribution in [3.05, 3.63) is 24.3 Å². The molecule has 2 bridgehead atoms. The monoisotopic (exact) mass is 474 g/mol. The van der Waals surface area contributed by atoms with Gasteiger partial charge in [-0.15, -0.1) is 0 Å². The molecule has 34 heavy (non-hydrogen) atoms. The van der Waals surface area contributed by atoms with Crippen molar-refractivity contribution in [2.45, 2.75) is 57.3 Å². The maximum Gasteiger partial charge on any atom is 0.312 e. The highest BCUT2D eigenvalue weighted by atomic mass is 16.6. The number of rotatable bonds is 9. The number of esters is 1. The molecule has 6 atom stereocenters. The number of carbonyl (C=O) groups is 3. The number of nitrogens with one attached hydrogen (secondary N) is 1. The quantitative estimate of drug-likeness (QED) is 0.415. The Morgan fingerprint density at radius 1 is 1.26 bits per heavy atom. The summed E-state index contributed by atoms with van der Waals surface area (Å²) >= 11 is 0. The van der Waals surface area contributed by atoms with Gasteiger partial charge in [0.25, 0.3) is 0 Å². The Balaban J connectivity index is 1.71. The Bertz CT molecular complexity index is 951. The van der Waals surface area contributed by atoms with E-state index in [1.807, 2.05) is 13.8 Å². The topological polar surface area (TPSA) is 114 Å². The number of ether oxygens (including phenoxy) is 3. The highest BCUT2D eigenvalue weighted by molar-refractivity contribution is 6.03. The fraction of sp³-hybridized carbons (Fsp3) is 0.640. The van der Waals surface area contributed by atoms with Crippen LogP contribution in [0.2, 0.25) is 0 Å². The molecule has 3 aliphatic rings. The van der Waals surface area contributed by atoms with Gasteiger partial charge in [0.05, 0.1) is 25.2 Å². The van der Waals surface area contributed by atoms with Crippen LogP contribution in [0.3, 0.4) is 0 Å². The molecule has 2 amide bonds. The smallest absolute Gasteiger partial charge is 0.312 e. The minimum absolute atomic E-state index is 0.00360. The van der Waals surface area contributed by atoms with Crippen molar-refractivity contribution in [1.82, 2.24) is 4.90 Å². The highest BCUT2D eigenvalue weighted by Crippen LogP contribution is 2.65. The van der Waals surface area contributed by atoms with Gasteiger partial charge in [-0.05, 0) is 63.3 Å². The number of anilines is 1. The maximum atomic E-state index is 13.8. The molecule has 1 spiro atoms. The number of unbranched alkanes of at least 4 members (excludes halogenated alkanes) is 1. The number of methoxy groups -OCH3 is 1. The molecule has 186 valence electrons. The lowest BCUT2D eigenvalue weighted by Gasteiger charge is -2.35. The number of aliphatic hydroxyl groups is 1. The number of aliphatic hydroxyl groups excluding tert-OH is 1. The van der Waals surface area contributed by atoms with Crippen LogP contribution in [0.4, 0.5) is 5.69 Å². The largest absolute Gasteiger partial charge is 0.497 e. The van der Waals surface area contributed by atoms with Crippen molar-refractivity contribution in [2.75, 3.05) is 32.2 Å². The van der Waals surface area contributed by atoms with Gasteiger partial charge in [0.2, 0.25) is 11.8 Å². The first-order valence-electron chi connectivity index (χ1n) is 12.0. The Hall–Kier alpha value is -2.65. The van der Waals surface area contributed by atoms with E-state index in [9.17, 15) is 19.5 Å². The molecule has 9 heteroatoms. The maximum absolute atomic E-state index is 13.8. The van der Waals surface area contributed by atoms with Gasteiger partial charge in [0.15, 0.2) is 0 Å². The van der Waals surface area contributed by atoms with Gasteiger partial charge >= 0.3 is 5.97 Å². The molecule has 0 saturated carbocycles. The summed E-state index contributed by atoms with van der Waals surface area (Å²) in [5.74, 6) is -2.01. The lowest BCUT2D eigenvalue weighted by Crippen LogP contribution is -2.54. The third kappa shape index (κ3) is 3.65. The first-order valence-corrected chi connectivity index (χ1v) is 12.0. The molecule has 2 N–H and O–H groups in total. The van der Waals surface area contributed by atoms with Crippen molar-refractivity contribution < 1.29 is 33.7 Å². The van der Waals surface area contributed by atoms with E-state index in [0.29, 0.717) is 37.2 Å². The summed E-state index contributed by atoms with van der Waals surface area (Å²) < 4.78 is 17.1. The molecule has 4 rings (SSSR count). The number of hydrogen-bond donors (Lipinski definition) is 2. The molecule has 3 fully saturated rings. The molecule has 1 aromatic carbocycles. The SMILES string of the molecule is CCOC(=O)[C@@H]1[C@H]2C(=O)N(CCCCO)C(C(=O)Nc3ccc(OC)cc3)C23CC(C)[C@@]1(C)O3. The Morgan fingerprint density at radius 3 is 2.59 bits per heavy atom. The van der Waals surface area contributed by atoms with E-state index in [1.165, 1.54) is 0 Å². The van der Waals surface area contributed by atoms with E-state index in [2.05, 4.69) is 5.32 Å². The van der Waals surface area contributed by atoms with Gasteiger partial charge in [-0.2, -0.15) is 0 Å². The van der Waals surface area contributed by atoms with Crippen LogP contribution >= 0.6 is 0 Å². The van der Waals surface area contributed by atoms with Gasteiger partial charge in [0, 0.05) is 18.8 Å². The zero-order chi connectivity index (χ0) is 24.7. The van der Waals surface area contributed by atoms with E-state index in [-0.39, 0.29) is 30.9 Å². The summed E-state index contributed by atoms with van der Waals surface area (Å²) in [6, 6.07) is 6.06. The first kappa shape index (κ1) is 24.5. The lowest BCUT2D eigenvalue weighted by molar-refractivity contribution is -0.160. The molecule has 3 unspecified atom stereocenters. The standard InChI is InChI=1S/C25H34N2O7/c1-5-33-23(31)19-18-22(30)27(12-6-7-13-28)20(25(18)14-15(2)24(19,3)34-25)21(29)26-16-8-10-17(32-4)11-9-16/h8-11,15,18-20,28H,5-7,12-14H2,1-4H3,(H,26,29)/t15?,18-,19-,20?,24+,25?/m0/s1. The Kier molecular flexibility index (Phi) is 6.61. The molecule has 0 radical (unpaired) electrons. The Morgan fingerprint density at radius 2 is 1.97 bits per heavy atom. The third-order valence-corrected chi connectivity index (χ3v) is 7.77. The van der Waals surface area contributed by atoms with Crippen LogP contribution in [-0.2, 0) is 23.9 Å². The van der Waals surface area contributed by atoms with Gasteiger partial charge < -0.3 is 29.5 Å². The first-order chi connectivity index (χ1) is 16.2. The van der Waals surface area contributed by atoms with E-state index in [4.69, 9.17) is 14.2 Å². The van der Waals surface area contributed by atoms with Gasteiger partial charge in [-0.25, -0.2) is 0 Å². The number of likely N-dealkylation sites (tertiary alicyclic amines) is 1. The van der Waals surface area contributed by atoms with E-state index >= 15 is 0 Å². The predicted molar refractivity (Wildman–Crippen MR) is 123 cm³/mol. The molecule has 0 aliphatic carbocycles. The van der Waals surface area contributed by atoms with Gasteiger partial charge in [0.1, 0.15) is 23.3 Å². The summed E-state index contributed by atoms with van der Waals surface area (Å²) in [7, 11) is 1.57. The normalized spacial score (nSPS) is 33.7.